The van der Waals surface area contributed by atoms with Crippen LogP contribution in [0.2, 0.25) is 0 Å². The first-order chi connectivity index (χ1) is 20.1. The Balaban J connectivity index is 1.46. The van der Waals surface area contributed by atoms with Gasteiger partial charge in [-0.2, -0.15) is 23.5 Å². The van der Waals surface area contributed by atoms with Crippen LogP contribution in [0.5, 0.6) is 0 Å². The second-order valence-corrected chi connectivity index (χ2v) is 10.6. The van der Waals surface area contributed by atoms with Gasteiger partial charge in [0, 0.05) is 36.8 Å². The summed E-state index contributed by atoms with van der Waals surface area (Å²) in [5.74, 6) is -0.623. The van der Waals surface area contributed by atoms with Crippen LogP contribution in [0, 0.1) is 11.3 Å². The summed E-state index contributed by atoms with van der Waals surface area (Å²) in [5, 5.41) is 13.5. The molecule has 1 aromatic heterocycles. The van der Waals surface area contributed by atoms with E-state index in [-0.39, 0.29) is 29.4 Å². The van der Waals surface area contributed by atoms with Crippen molar-refractivity contribution in [2.45, 2.75) is 44.6 Å². The van der Waals surface area contributed by atoms with Gasteiger partial charge in [0.2, 0.25) is 5.91 Å². The summed E-state index contributed by atoms with van der Waals surface area (Å²) >= 11 is 0. The standard InChI is InChI=1S/C30H25F3N6O3/c1-36-24-16-37(15-20(24)14-35-36)26(41)17-38-28(19-10-8-18(13-34)9-11-19)27-23(6-3-7-25(27)40)39(29(38)42)22-5-2-4-21(12-22)30(31,32)33/h2,4-5,8-12,14,28H,3,6-7,15-17H2,1H3/t28-/m0/s1. The number of rotatable bonds is 4. The number of aromatic nitrogens is 2. The van der Waals surface area contributed by atoms with E-state index in [1.165, 1.54) is 17.0 Å². The maximum atomic E-state index is 14.3. The summed E-state index contributed by atoms with van der Waals surface area (Å²) in [6, 6.07) is 11.2. The molecule has 0 unspecified atom stereocenters. The zero-order valence-electron chi connectivity index (χ0n) is 22.6. The number of carbonyl (C=O) groups excluding carboxylic acids is 3. The molecule has 2 aromatic carbocycles. The SMILES string of the molecule is Cn1ncc2c1CN(C(=O)CN1C(=O)N(c3cccc(C(F)(F)F)c3)C3=C(C(=O)CCC3)[C@@H]1c1ccc(C#N)cc1)C2. The molecule has 1 atom stereocenters. The first-order valence-corrected chi connectivity index (χ1v) is 13.4. The second kappa shape index (κ2) is 10.2. The van der Waals surface area contributed by atoms with E-state index < -0.39 is 30.4 Å². The number of amides is 3. The lowest BCUT2D eigenvalue weighted by atomic mass is 9.83. The van der Waals surface area contributed by atoms with E-state index in [4.69, 9.17) is 0 Å². The number of hydrogen-bond donors (Lipinski definition) is 0. The van der Waals surface area contributed by atoms with E-state index in [2.05, 4.69) is 5.10 Å². The van der Waals surface area contributed by atoms with Crippen LogP contribution in [-0.2, 0) is 35.9 Å². The van der Waals surface area contributed by atoms with Crippen molar-refractivity contribution in [3.8, 4) is 6.07 Å². The first-order valence-electron chi connectivity index (χ1n) is 13.4. The highest BCUT2D eigenvalue weighted by atomic mass is 19.4. The largest absolute Gasteiger partial charge is 0.416 e. The van der Waals surface area contributed by atoms with Gasteiger partial charge in [0.15, 0.2) is 5.78 Å². The van der Waals surface area contributed by atoms with E-state index in [0.717, 1.165) is 28.3 Å². The van der Waals surface area contributed by atoms with E-state index in [1.807, 2.05) is 6.07 Å². The van der Waals surface area contributed by atoms with Crippen LogP contribution in [0.25, 0.3) is 0 Å². The highest BCUT2D eigenvalue weighted by molar-refractivity contribution is 6.07. The van der Waals surface area contributed by atoms with Crippen LogP contribution in [0.4, 0.5) is 23.7 Å². The molecule has 3 heterocycles. The molecule has 42 heavy (non-hydrogen) atoms. The van der Waals surface area contributed by atoms with Gasteiger partial charge in [-0.3, -0.25) is 19.2 Å². The smallest absolute Gasteiger partial charge is 0.331 e. The van der Waals surface area contributed by atoms with Crippen molar-refractivity contribution in [1.82, 2.24) is 19.6 Å². The van der Waals surface area contributed by atoms with Crippen LogP contribution in [-0.4, -0.2) is 43.8 Å². The van der Waals surface area contributed by atoms with E-state index >= 15 is 0 Å². The van der Waals surface area contributed by atoms with Crippen LogP contribution in [0.1, 0.15) is 53.3 Å². The summed E-state index contributed by atoms with van der Waals surface area (Å²) in [6.07, 6.45) is -2.03. The molecule has 3 aliphatic rings. The van der Waals surface area contributed by atoms with Crippen LogP contribution in [0.3, 0.4) is 0 Å². The van der Waals surface area contributed by atoms with Crippen molar-refractivity contribution in [3.05, 3.63) is 93.9 Å². The maximum Gasteiger partial charge on any atom is 0.416 e. The highest BCUT2D eigenvalue weighted by Crippen LogP contribution is 2.45. The number of urea groups is 1. The number of fused-ring (bicyclic) bond motifs is 1. The van der Waals surface area contributed by atoms with Crippen molar-refractivity contribution in [2.75, 3.05) is 11.4 Å². The van der Waals surface area contributed by atoms with Crippen molar-refractivity contribution >= 4 is 23.4 Å². The van der Waals surface area contributed by atoms with Crippen molar-refractivity contribution < 1.29 is 27.6 Å². The number of hydrogen-bond acceptors (Lipinski definition) is 5. The third kappa shape index (κ3) is 4.60. The predicted molar refractivity (Wildman–Crippen MR) is 143 cm³/mol. The Hall–Kier alpha value is -4.92. The van der Waals surface area contributed by atoms with Gasteiger partial charge >= 0.3 is 12.2 Å². The monoisotopic (exact) mass is 574 g/mol. The molecule has 214 valence electrons. The summed E-state index contributed by atoms with van der Waals surface area (Å²) in [4.78, 5) is 45.5. The number of allylic oxidation sites excluding steroid dienone is 1. The molecule has 3 aromatic rings. The average Bonchev–Trinajstić information content (AvgIpc) is 3.55. The Morgan fingerprint density at radius 2 is 1.86 bits per heavy atom. The molecular weight excluding hydrogens is 549 g/mol. The molecule has 0 radical (unpaired) electrons. The lowest BCUT2D eigenvalue weighted by molar-refractivity contribution is -0.137. The fraction of sp³-hybridized carbons (Fsp3) is 0.300. The number of ketones is 1. The Morgan fingerprint density at radius 3 is 2.55 bits per heavy atom. The van der Waals surface area contributed by atoms with Gasteiger partial charge < -0.3 is 9.80 Å². The first kappa shape index (κ1) is 27.3. The molecule has 0 saturated carbocycles. The lowest BCUT2D eigenvalue weighted by Crippen LogP contribution is -2.54. The third-order valence-electron chi connectivity index (χ3n) is 8.02. The number of nitrogens with zero attached hydrogens (tertiary/aromatic N) is 6. The van der Waals surface area contributed by atoms with Crippen molar-refractivity contribution in [3.63, 3.8) is 0 Å². The third-order valence-corrected chi connectivity index (χ3v) is 8.02. The molecule has 0 N–H and O–H groups in total. The molecule has 3 amide bonds. The van der Waals surface area contributed by atoms with Gasteiger partial charge in [-0.15, -0.1) is 0 Å². The Kier molecular flexibility index (Phi) is 6.60. The molecule has 12 heteroatoms. The van der Waals surface area contributed by atoms with Gasteiger partial charge in [0.05, 0.1) is 47.4 Å². The Labute approximate surface area is 239 Å². The van der Waals surface area contributed by atoms with Gasteiger partial charge in [-0.05, 0) is 48.7 Å². The summed E-state index contributed by atoms with van der Waals surface area (Å²) in [6.45, 7) is 0.179. The van der Waals surface area contributed by atoms with Crippen molar-refractivity contribution in [2.24, 2.45) is 7.05 Å². The number of halogens is 3. The minimum absolute atomic E-state index is 0.0348. The van der Waals surface area contributed by atoms with Gasteiger partial charge in [-0.1, -0.05) is 18.2 Å². The lowest BCUT2D eigenvalue weighted by Gasteiger charge is -2.45. The zero-order chi connectivity index (χ0) is 29.8. The van der Waals surface area contributed by atoms with Crippen LogP contribution in [0.15, 0.2) is 66.0 Å². The average molecular weight is 575 g/mol. The fourth-order valence-corrected chi connectivity index (χ4v) is 5.94. The molecule has 9 nitrogen and oxygen atoms in total. The molecule has 0 bridgehead atoms. The number of Topliss-reactive ketones (excluding diaryl/α,β-unsaturated/α-hetero) is 1. The quantitative estimate of drug-likeness (QED) is 0.444. The van der Waals surface area contributed by atoms with Gasteiger partial charge in [0.25, 0.3) is 0 Å². The number of alkyl halides is 3. The summed E-state index contributed by atoms with van der Waals surface area (Å²) < 4.78 is 42.6. The summed E-state index contributed by atoms with van der Waals surface area (Å²) in [5.41, 5.74) is 2.28. The number of aryl methyl sites for hydroxylation is 1. The van der Waals surface area contributed by atoms with Gasteiger partial charge in [0.1, 0.15) is 6.54 Å². The summed E-state index contributed by atoms with van der Waals surface area (Å²) in [7, 11) is 1.78. The predicted octanol–water partition coefficient (Wildman–Crippen LogP) is 4.84. The van der Waals surface area contributed by atoms with Crippen LogP contribution >= 0.6 is 0 Å². The molecular formula is C30H25F3N6O3. The van der Waals surface area contributed by atoms with Crippen molar-refractivity contribution in [1.29, 1.82) is 5.26 Å². The zero-order valence-corrected chi connectivity index (χ0v) is 22.6. The molecule has 1 aliphatic carbocycles. The van der Waals surface area contributed by atoms with E-state index in [1.54, 1.807) is 47.1 Å². The van der Waals surface area contributed by atoms with Crippen LogP contribution < -0.4 is 4.90 Å². The molecule has 2 aliphatic heterocycles. The molecule has 0 fully saturated rings. The molecule has 6 rings (SSSR count). The number of nitriles is 1. The number of benzene rings is 2. The second-order valence-electron chi connectivity index (χ2n) is 10.6. The fourth-order valence-electron chi connectivity index (χ4n) is 5.94. The Morgan fingerprint density at radius 1 is 1.10 bits per heavy atom. The van der Waals surface area contributed by atoms with Gasteiger partial charge in [-0.25, -0.2) is 4.79 Å². The molecule has 0 spiro atoms. The number of carbonyl (C=O) groups is 3. The Bertz CT molecular complexity index is 1690. The number of anilines is 1. The normalized spacial score (nSPS) is 18.7. The maximum absolute atomic E-state index is 14.3. The van der Waals surface area contributed by atoms with E-state index in [0.29, 0.717) is 42.8 Å². The highest BCUT2D eigenvalue weighted by Gasteiger charge is 2.46. The topological polar surface area (TPSA) is 103 Å². The molecule has 0 saturated heterocycles. The minimum atomic E-state index is -4.64. The minimum Gasteiger partial charge on any atom is -0.331 e. The van der Waals surface area contributed by atoms with E-state index in [9.17, 15) is 32.8 Å².